The van der Waals surface area contributed by atoms with Gasteiger partial charge in [-0.2, -0.15) is 0 Å². The Morgan fingerprint density at radius 1 is 1.06 bits per heavy atom. The Morgan fingerprint density at radius 3 is 2.32 bits per heavy atom. The zero-order valence-electron chi connectivity index (χ0n) is 19.1. The summed E-state index contributed by atoms with van der Waals surface area (Å²) in [6.07, 6.45) is 4.38. The smallest absolute Gasteiger partial charge is 0.337 e. The van der Waals surface area contributed by atoms with Gasteiger partial charge in [0.1, 0.15) is 6.04 Å². The van der Waals surface area contributed by atoms with Gasteiger partial charge in [-0.25, -0.2) is 14.2 Å². The first kappa shape index (κ1) is 23.1. The number of imidazole rings is 1. The van der Waals surface area contributed by atoms with E-state index >= 15 is 0 Å². The average Bonchev–Trinajstić information content (AvgIpc) is 3.06. The van der Waals surface area contributed by atoms with Crippen LogP contribution in [0.3, 0.4) is 0 Å². The van der Waals surface area contributed by atoms with E-state index in [1.807, 2.05) is 32.0 Å². The Balaban J connectivity index is 1.90. The van der Waals surface area contributed by atoms with E-state index in [0.29, 0.717) is 12.1 Å². The van der Waals surface area contributed by atoms with Crippen LogP contribution >= 0.6 is 0 Å². The molecule has 1 aromatic carbocycles. The fourth-order valence-electron chi connectivity index (χ4n) is 4.20. The summed E-state index contributed by atoms with van der Waals surface area (Å²) in [6.45, 7) is 7.33. The minimum atomic E-state index is -0.685. The summed E-state index contributed by atoms with van der Waals surface area (Å²) in [5.74, 6) is -0.230. The minimum absolute atomic E-state index is 0.0537. The number of fused-ring (bicyclic) bond motifs is 1. The van der Waals surface area contributed by atoms with Crippen molar-refractivity contribution in [3.8, 4) is 0 Å². The number of amides is 2. The van der Waals surface area contributed by atoms with Crippen LogP contribution in [-0.4, -0.2) is 70.6 Å². The third-order valence-corrected chi connectivity index (χ3v) is 6.33. The molecule has 170 valence electrons. The molecule has 8 heteroatoms. The van der Waals surface area contributed by atoms with Gasteiger partial charge in [0.25, 0.3) is 0 Å². The molecule has 2 amide bonds. The molecule has 1 aromatic heterocycles. The predicted octanol–water partition coefficient (Wildman–Crippen LogP) is 2.35. The van der Waals surface area contributed by atoms with E-state index in [1.54, 1.807) is 24.7 Å². The number of piperidine rings is 1. The second-order valence-electron chi connectivity index (χ2n) is 8.71. The first-order valence-electron chi connectivity index (χ1n) is 11.3. The lowest BCUT2D eigenvalue weighted by Crippen LogP contribution is -2.52. The van der Waals surface area contributed by atoms with E-state index in [0.717, 1.165) is 31.6 Å². The van der Waals surface area contributed by atoms with Gasteiger partial charge in [0.2, 0.25) is 5.91 Å². The molecule has 1 aliphatic heterocycles. The predicted molar refractivity (Wildman–Crippen MR) is 122 cm³/mol. The Hall–Kier alpha value is -2.61. The van der Waals surface area contributed by atoms with E-state index in [2.05, 4.69) is 10.2 Å². The van der Waals surface area contributed by atoms with Gasteiger partial charge in [-0.15, -0.1) is 0 Å². The molecule has 0 radical (unpaired) electrons. The topological polar surface area (TPSA) is 79.6 Å². The number of aromatic nitrogens is 2. The summed E-state index contributed by atoms with van der Waals surface area (Å²) in [7, 11) is 3.34. The number of carbonyl (C=O) groups excluding carboxylic acids is 2. The lowest BCUT2D eigenvalue weighted by molar-refractivity contribution is -0.131. The van der Waals surface area contributed by atoms with Gasteiger partial charge in [-0.3, -0.25) is 9.36 Å². The fourth-order valence-corrected chi connectivity index (χ4v) is 4.20. The van der Waals surface area contributed by atoms with Crippen molar-refractivity contribution in [1.82, 2.24) is 24.3 Å². The van der Waals surface area contributed by atoms with Gasteiger partial charge in [0.15, 0.2) is 0 Å². The largest absolute Gasteiger partial charge is 0.347 e. The zero-order valence-corrected chi connectivity index (χ0v) is 19.1. The van der Waals surface area contributed by atoms with Crippen LogP contribution in [0.25, 0.3) is 11.0 Å². The molecule has 3 rings (SSSR count). The third kappa shape index (κ3) is 5.01. The molecular formula is C23H35N5O3. The number of likely N-dealkylation sites (N-methyl/N-ethyl adjacent to an activating group) is 1. The van der Waals surface area contributed by atoms with Crippen LogP contribution in [0.2, 0.25) is 0 Å². The third-order valence-electron chi connectivity index (χ3n) is 6.33. The number of benzene rings is 1. The lowest BCUT2D eigenvalue weighted by Gasteiger charge is -2.26. The highest BCUT2D eigenvalue weighted by Crippen LogP contribution is 2.15. The van der Waals surface area contributed by atoms with E-state index in [1.165, 1.54) is 28.7 Å². The molecule has 0 spiro atoms. The normalized spacial score (nSPS) is 16.8. The molecule has 1 fully saturated rings. The van der Waals surface area contributed by atoms with Crippen LogP contribution < -0.4 is 11.0 Å². The summed E-state index contributed by atoms with van der Waals surface area (Å²) < 4.78 is 2.85. The van der Waals surface area contributed by atoms with Crippen LogP contribution in [0.4, 0.5) is 4.79 Å². The number of hydrogen-bond donors (Lipinski definition) is 1. The number of rotatable bonds is 7. The number of hydrogen-bond acceptors (Lipinski definition) is 4. The standard InChI is InChI=1S/C23H35N5O3/c1-5-17(2)20(21(29)25(3)4)24-22(30)28-19-12-8-7-11-18(19)27(23(28)31)16-15-26-13-9-6-10-14-26/h7-8,11-12,17,20H,5-6,9-10,13-16H2,1-4H3,(H,24,30). The maximum atomic E-state index is 13.3. The Kier molecular flexibility index (Phi) is 7.54. The summed E-state index contributed by atoms with van der Waals surface area (Å²) in [6, 6.07) is 6.10. The number of carbonyl (C=O) groups is 2. The monoisotopic (exact) mass is 429 g/mol. The van der Waals surface area contributed by atoms with Crippen molar-refractivity contribution in [2.24, 2.45) is 5.92 Å². The number of para-hydroxylation sites is 2. The summed E-state index contributed by atoms with van der Waals surface area (Å²) in [5, 5.41) is 2.83. The van der Waals surface area contributed by atoms with Gasteiger partial charge in [0.05, 0.1) is 11.0 Å². The van der Waals surface area contributed by atoms with Crippen molar-refractivity contribution in [3.05, 3.63) is 34.7 Å². The van der Waals surface area contributed by atoms with Gasteiger partial charge < -0.3 is 15.1 Å². The maximum Gasteiger partial charge on any atom is 0.337 e. The summed E-state index contributed by atoms with van der Waals surface area (Å²) in [5.41, 5.74) is 0.929. The molecule has 2 unspecified atom stereocenters. The highest BCUT2D eigenvalue weighted by atomic mass is 16.2. The second-order valence-corrected chi connectivity index (χ2v) is 8.71. The van der Waals surface area contributed by atoms with Gasteiger partial charge >= 0.3 is 11.7 Å². The highest BCUT2D eigenvalue weighted by Gasteiger charge is 2.29. The van der Waals surface area contributed by atoms with E-state index in [9.17, 15) is 14.4 Å². The van der Waals surface area contributed by atoms with Gasteiger partial charge in [-0.05, 0) is 44.0 Å². The van der Waals surface area contributed by atoms with Crippen LogP contribution in [0, 0.1) is 5.92 Å². The molecule has 2 heterocycles. The van der Waals surface area contributed by atoms with Crippen molar-refractivity contribution in [2.75, 3.05) is 33.7 Å². The molecule has 2 atom stereocenters. The Labute approximate surface area is 183 Å². The lowest BCUT2D eigenvalue weighted by atomic mass is 9.98. The van der Waals surface area contributed by atoms with Crippen molar-refractivity contribution < 1.29 is 9.59 Å². The van der Waals surface area contributed by atoms with Crippen molar-refractivity contribution in [1.29, 1.82) is 0 Å². The number of nitrogens with zero attached hydrogens (tertiary/aromatic N) is 4. The Bertz CT molecular complexity index is 971. The van der Waals surface area contributed by atoms with Crippen molar-refractivity contribution in [2.45, 2.75) is 52.1 Å². The van der Waals surface area contributed by atoms with Crippen LogP contribution in [0.15, 0.2) is 29.1 Å². The molecule has 1 aliphatic rings. The number of likely N-dealkylation sites (tertiary alicyclic amines) is 1. The maximum absolute atomic E-state index is 13.3. The summed E-state index contributed by atoms with van der Waals surface area (Å²) >= 11 is 0. The quantitative estimate of drug-likeness (QED) is 0.733. The minimum Gasteiger partial charge on any atom is -0.347 e. The molecule has 1 N–H and O–H groups in total. The molecule has 8 nitrogen and oxygen atoms in total. The fraction of sp³-hybridized carbons (Fsp3) is 0.609. The van der Waals surface area contributed by atoms with Gasteiger partial charge in [0, 0.05) is 27.2 Å². The van der Waals surface area contributed by atoms with Crippen LogP contribution in [0.5, 0.6) is 0 Å². The second kappa shape index (κ2) is 10.1. The van der Waals surface area contributed by atoms with E-state index < -0.39 is 12.1 Å². The van der Waals surface area contributed by atoms with Gasteiger partial charge in [-0.1, -0.05) is 38.8 Å². The van der Waals surface area contributed by atoms with E-state index in [4.69, 9.17) is 0 Å². The molecule has 1 saturated heterocycles. The summed E-state index contributed by atoms with van der Waals surface area (Å²) in [4.78, 5) is 43.0. The van der Waals surface area contributed by atoms with Crippen molar-refractivity contribution in [3.63, 3.8) is 0 Å². The molecule has 31 heavy (non-hydrogen) atoms. The van der Waals surface area contributed by atoms with Crippen LogP contribution in [-0.2, 0) is 11.3 Å². The van der Waals surface area contributed by atoms with Crippen LogP contribution in [0.1, 0.15) is 39.5 Å². The first-order valence-corrected chi connectivity index (χ1v) is 11.3. The van der Waals surface area contributed by atoms with Crippen molar-refractivity contribution >= 4 is 23.0 Å². The Morgan fingerprint density at radius 2 is 1.71 bits per heavy atom. The molecule has 0 aliphatic carbocycles. The molecule has 0 saturated carbocycles. The average molecular weight is 430 g/mol. The first-order chi connectivity index (χ1) is 14.8. The SMILES string of the molecule is CCC(C)C(NC(=O)n1c(=O)n(CCN2CCCCC2)c2ccccc21)C(=O)N(C)C. The molecule has 2 aromatic rings. The van der Waals surface area contributed by atoms with E-state index in [-0.39, 0.29) is 17.5 Å². The molecule has 0 bridgehead atoms. The molecular weight excluding hydrogens is 394 g/mol. The number of nitrogens with one attached hydrogen (secondary N) is 1. The zero-order chi connectivity index (χ0) is 22.5. The highest BCUT2D eigenvalue weighted by molar-refractivity contribution is 5.92.